The third kappa shape index (κ3) is 5.02. The van der Waals surface area contributed by atoms with Crippen LogP contribution in [-0.4, -0.2) is 55.7 Å². The molecule has 2 N–H and O–H groups in total. The van der Waals surface area contributed by atoms with E-state index in [1.807, 2.05) is 0 Å². The van der Waals surface area contributed by atoms with E-state index in [4.69, 9.17) is 13.9 Å². The summed E-state index contributed by atoms with van der Waals surface area (Å²) in [5.74, 6) is 0.200. The van der Waals surface area contributed by atoms with Gasteiger partial charge in [-0.1, -0.05) is 0 Å². The van der Waals surface area contributed by atoms with Gasteiger partial charge in [0.1, 0.15) is 17.6 Å². The number of likely N-dealkylation sites (tertiary alicyclic amines) is 1. The van der Waals surface area contributed by atoms with E-state index in [1.165, 1.54) is 0 Å². The summed E-state index contributed by atoms with van der Waals surface area (Å²) in [5, 5.41) is 5.51. The lowest BCUT2D eigenvalue weighted by Gasteiger charge is -2.34. The molecule has 164 valence electrons. The average molecular weight is 419 g/mol. The van der Waals surface area contributed by atoms with Gasteiger partial charge in [0.05, 0.1) is 24.7 Å². The van der Waals surface area contributed by atoms with Gasteiger partial charge in [0, 0.05) is 18.8 Å². The Morgan fingerprint density at radius 2 is 2.00 bits per heavy atom. The molecule has 3 rings (SSSR count). The molecule has 0 unspecified atom stereocenters. The average Bonchev–Trinajstić information content (AvgIpc) is 3.14. The first-order chi connectivity index (χ1) is 14.4. The quantitative estimate of drug-likeness (QED) is 0.651. The zero-order chi connectivity index (χ0) is 21.7. The molecular weight excluding hydrogens is 390 g/mol. The standard InChI is InChI=1S/C21H29N3O6/c1-4-28-19(25)14-7-6-10-24(11-14)12-15-17(20(26)29-5-2)18(23-21(27)22-15)16-9-8-13(3)30-16/h8-9,14,18H,4-7,10-12H2,1-3H3,(H2,22,23,27)/t14-,18+/m0/s1. The zero-order valence-electron chi connectivity index (χ0n) is 17.7. The van der Waals surface area contributed by atoms with Crippen LogP contribution in [0.25, 0.3) is 0 Å². The van der Waals surface area contributed by atoms with Crippen LogP contribution < -0.4 is 10.6 Å². The summed E-state index contributed by atoms with van der Waals surface area (Å²) in [4.78, 5) is 39.4. The lowest BCUT2D eigenvalue weighted by atomic mass is 9.96. The van der Waals surface area contributed by atoms with Crippen molar-refractivity contribution in [2.24, 2.45) is 5.92 Å². The summed E-state index contributed by atoms with van der Waals surface area (Å²) >= 11 is 0. The van der Waals surface area contributed by atoms with Crippen LogP contribution in [0.5, 0.6) is 0 Å². The molecule has 2 atom stereocenters. The number of urea groups is 1. The molecule has 3 heterocycles. The van der Waals surface area contributed by atoms with Crippen molar-refractivity contribution < 1.29 is 28.3 Å². The summed E-state index contributed by atoms with van der Waals surface area (Å²) in [6.07, 6.45) is 1.60. The van der Waals surface area contributed by atoms with E-state index in [1.54, 1.807) is 32.9 Å². The maximum atomic E-state index is 12.8. The van der Waals surface area contributed by atoms with Crippen molar-refractivity contribution in [3.8, 4) is 0 Å². The Hall–Kier alpha value is -2.81. The highest BCUT2D eigenvalue weighted by Gasteiger charge is 2.37. The monoisotopic (exact) mass is 419 g/mol. The topological polar surface area (TPSA) is 110 Å². The zero-order valence-corrected chi connectivity index (χ0v) is 17.7. The highest BCUT2D eigenvalue weighted by molar-refractivity contribution is 5.95. The van der Waals surface area contributed by atoms with Crippen molar-refractivity contribution in [1.29, 1.82) is 0 Å². The molecule has 1 saturated heterocycles. The Labute approximate surface area is 175 Å². The second kappa shape index (κ2) is 9.80. The normalized spacial score (nSPS) is 22.3. The van der Waals surface area contributed by atoms with E-state index < -0.39 is 18.0 Å². The van der Waals surface area contributed by atoms with E-state index in [0.717, 1.165) is 19.4 Å². The second-order valence-corrected chi connectivity index (χ2v) is 7.42. The summed E-state index contributed by atoms with van der Waals surface area (Å²) in [6, 6.07) is 2.35. The van der Waals surface area contributed by atoms with Gasteiger partial charge in [-0.05, 0) is 52.3 Å². The van der Waals surface area contributed by atoms with E-state index in [9.17, 15) is 14.4 Å². The molecule has 9 heteroatoms. The Morgan fingerprint density at radius 1 is 1.23 bits per heavy atom. The summed E-state index contributed by atoms with van der Waals surface area (Å²) < 4.78 is 16.1. The second-order valence-electron chi connectivity index (χ2n) is 7.42. The molecule has 2 aliphatic rings. The Kier molecular flexibility index (Phi) is 7.15. The van der Waals surface area contributed by atoms with Crippen LogP contribution in [0.3, 0.4) is 0 Å². The van der Waals surface area contributed by atoms with Crippen molar-refractivity contribution >= 4 is 18.0 Å². The minimum atomic E-state index is -0.743. The summed E-state index contributed by atoms with van der Waals surface area (Å²) in [6.45, 7) is 7.44. The lowest BCUT2D eigenvalue weighted by molar-refractivity contribution is -0.150. The molecule has 0 aliphatic carbocycles. The van der Waals surface area contributed by atoms with Gasteiger partial charge in [0.15, 0.2) is 0 Å². The fourth-order valence-corrected chi connectivity index (χ4v) is 3.89. The minimum absolute atomic E-state index is 0.208. The lowest BCUT2D eigenvalue weighted by Crippen LogP contribution is -2.49. The number of aryl methyl sites for hydroxylation is 1. The van der Waals surface area contributed by atoms with Gasteiger partial charge in [-0.25, -0.2) is 9.59 Å². The molecule has 1 aromatic rings. The van der Waals surface area contributed by atoms with Crippen molar-refractivity contribution in [2.75, 3.05) is 32.8 Å². The molecular formula is C21H29N3O6. The fraction of sp³-hybridized carbons (Fsp3) is 0.571. The number of carbonyl (C=O) groups excluding carboxylic acids is 3. The number of carbonyl (C=O) groups is 3. The van der Waals surface area contributed by atoms with Crippen molar-refractivity contribution in [3.63, 3.8) is 0 Å². The molecule has 0 aromatic carbocycles. The van der Waals surface area contributed by atoms with E-state index >= 15 is 0 Å². The predicted octanol–water partition coefficient (Wildman–Crippen LogP) is 2.03. The van der Waals surface area contributed by atoms with Crippen LogP contribution in [0.1, 0.15) is 44.3 Å². The number of hydrogen-bond acceptors (Lipinski definition) is 7. The Balaban J connectivity index is 1.88. The van der Waals surface area contributed by atoms with Crippen molar-refractivity contribution in [1.82, 2.24) is 15.5 Å². The molecule has 1 aromatic heterocycles. The molecule has 2 aliphatic heterocycles. The van der Waals surface area contributed by atoms with Crippen LogP contribution >= 0.6 is 0 Å². The van der Waals surface area contributed by atoms with Crippen molar-refractivity contribution in [3.05, 3.63) is 34.9 Å². The summed E-state index contributed by atoms with van der Waals surface area (Å²) in [7, 11) is 0. The number of nitrogens with zero attached hydrogens (tertiary/aromatic N) is 1. The summed E-state index contributed by atoms with van der Waals surface area (Å²) in [5.41, 5.74) is 0.768. The van der Waals surface area contributed by atoms with Crippen LogP contribution in [0, 0.1) is 12.8 Å². The predicted molar refractivity (Wildman–Crippen MR) is 107 cm³/mol. The molecule has 0 radical (unpaired) electrons. The van der Waals surface area contributed by atoms with Crippen molar-refractivity contribution in [2.45, 2.75) is 39.7 Å². The Bertz CT molecular complexity index is 830. The van der Waals surface area contributed by atoms with Gasteiger partial charge in [0.2, 0.25) is 0 Å². The minimum Gasteiger partial charge on any atom is -0.466 e. The van der Waals surface area contributed by atoms with E-state index in [0.29, 0.717) is 42.5 Å². The maximum Gasteiger partial charge on any atom is 0.338 e. The van der Waals surface area contributed by atoms with Crippen LogP contribution in [-0.2, 0) is 19.1 Å². The third-order valence-electron chi connectivity index (χ3n) is 5.20. The third-order valence-corrected chi connectivity index (χ3v) is 5.20. The first kappa shape index (κ1) is 21.9. The van der Waals surface area contributed by atoms with Crippen LogP contribution in [0.15, 0.2) is 27.8 Å². The molecule has 1 fully saturated rings. The molecule has 0 spiro atoms. The number of ether oxygens (including phenoxy) is 2. The SMILES string of the molecule is CCOC(=O)C1=C(CN2CCC[C@H](C(=O)OCC)C2)NC(=O)N[C@@H]1c1ccc(C)o1. The molecule has 0 saturated carbocycles. The van der Waals surface area contributed by atoms with Gasteiger partial charge in [-0.15, -0.1) is 0 Å². The van der Waals surface area contributed by atoms with Crippen LogP contribution in [0.2, 0.25) is 0 Å². The number of rotatable bonds is 7. The maximum absolute atomic E-state index is 12.8. The highest BCUT2D eigenvalue weighted by atomic mass is 16.5. The number of furan rings is 1. The van der Waals surface area contributed by atoms with E-state index in [2.05, 4.69) is 15.5 Å². The fourth-order valence-electron chi connectivity index (χ4n) is 3.89. The van der Waals surface area contributed by atoms with Gasteiger partial charge >= 0.3 is 18.0 Å². The molecule has 30 heavy (non-hydrogen) atoms. The number of hydrogen-bond donors (Lipinski definition) is 2. The number of nitrogens with one attached hydrogen (secondary N) is 2. The van der Waals surface area contributed by atoms with Crippen LogP contribution in [0.4, 0.5) is 4.79 Å². The number of amides is 2. The van der Waals surface area contributed by atoms with E-state index in [-0.39, 0.29) is 18.5 Å². The molecule has 2 amide bonds. The van der Waals surface area contributed by atoms with Gasteiger partial charge in [-0.3, -0.25) is 9.69 Å². The first-order valence-corrected chi connectivity index (χ1v) is 10.4. The van der Waals surface area contributed by atoms with Gasteiger partial charge in [0.25, 0.3) is 0 Å². The first-order valence-electron chi connectivity index (χ1n) is 10.4. The largest absolute Gasteiger partial charge is 0.466 e. The molecule has 9 nitrogen and oxygen atoms in total. The smallest absolute Gasteiger partial charge is 0.338 e. The molecule has 0 bridgehead atoms. The highest BCUT2D eigenvalue weighted by Crippen LogP contribution is 2.30. The number of piperidine rings is 1. The number of esters is 2. The van der Waals surface area contributed by atoms with Gasteiger partial charge < -0.3 is 24.5 Å². The van der Waals surface area contributed by atoms with Gasteiger partial charge in [-0.2, -0.15) is 0 Å². The Morgan fingerprint density at radius 3 is 2.67 bits per heavy atom.